The molecule has 0 aliphatic heterocycles. The molecule has 34 heavy (non-hydrogen) atoms. The lowest BCUT2D eigenvalue weighted by atomic mass is 10.1. The molecular weight excluding hydrogens is 439 g/mol. The number of nitrogens with zero attached hydrogens (tertiary/aromatic N) is 1. The van der Waals surface area contributed by atoms with E-state index in [9.17, 15) is 18.8 Å². The highest BCUT2D eigenvalue weighted by Crippen LogP contribution is 2.18. The number of hydrazone groups is 1. The fourth-order valence-electron chi connectivity index (χ4n) is 2.93. The maximum atomic E-state index is 12.9. The van der Waals surface area contributed by atoms with Crippen LogP contribution in [0.25, 0.3) is 0 Å². The minimum Gasteiger partial charge on any atom is -0.483 e. The topological polar surface area (TPSA) is 109 Å². The Bertz CT molecular complexity index is 1230. The monoisotopic (exact) mass is 462 g/mol. The zero-order chi connectivity index (χ0) is 24.5. The zero-order valence-corrected chi connectivity index (χ0v) is 18.6. The van der Waals surface area contributed by atoms with Crippen molar-refractivity contribution in [1.82, 2.24) is 5.43 Å². The molecule has 3 rings (SSSR count). The first-order valence-electron chi connectivity index (χ1n) is 10.3. The average Bonchev–Trinajstić information content (AvgIpc) is 2.81. The number of halogens is 1. The minimum atomic E-state index is -1.01. The molecule has 0 saturated carbocycles. The van der Waals surface area contributed by atoms with Crippen LogP contribution < -0.4 is 20.8 Å². The molecule has 0 aliphatic rings. The van der Waals surface area contributed by atoms with Gasteiger partial charge in [0, 0.05) is 16.9 Å². The van der Waals surface area contributed by atoms with E-state index in [1.807, 2.05) is 32.0 Å². The second-order valence-electron chi connectivity index (χ2n) is 7.35. The van der Waals surface area contributed by atoms with Crippen LogP contribution in [-0.4, -0.2) is 30.5 Å². The zero-order valence-electron chi connectivity index (χ0n) is 18.6. The van der Waals surface area contributed by atoms with Crippen LogP contribution in [0.2, 0.25) is 0 Å². The Kier molecular flexibility index (Phi) is 8.07. The van der Waals surface area contributed by atoms with Crippen molar-refractivity contribution in [3.05, 3.63) is 89.2 Å². The highest BCUT2D eigenvalue weighted by molar-refractivity contribution is 6.39. The standard InChI is InChI=1S/C25H23FN4O4/c1-16-7-12-21(17(2)13-16)29-23(31)15-34-22-6-4-3-5-18(22)14-27-30-25(33)24(32)28-20-10-8-19(26)9-11-20/h3-14H,15H2,1-2H3,(H,28,32)(H,29,31)(H,30,33)/b27-14-. The smallest absolute Gasteiger partial charge is 0.329 e. The average molecular weight is 462 g/mol. The van der Waals surface area contributed by atoms with Gasteiger partial charge in [0.05, 0.1) is 6.21 Å². The lowest BCUT2D eigenvalue weighted by molar-refractivity contribution is -0.136. The number of carbonyl (C=O) groups is 3. The van der Waals surface area contributed by atoms with Crippen LogP contribution in [0.15, 0.2) is 71.8 Å². The Balaban J connectivity index is 1.53. The van der Waals surface area contributed by atoms with Gasteiger partial charge in [-0.1, -0.05) is 29.8 Å². The van der Waals surface area contributed by atoms with E-state index in [4.69, 9.17) is 4.74 Å². The van der Waals surface area contributed by atoms with Crippen LogP contribution in [-0.2, 0) is 14.4 Å². The Morgan fingerprint density at radius 2 is 1.68 bits per heavy atom. The van der Waals surface area contributed by atoms with Crippen molar-refractivity contribution in [2.45, 2.75) is 13.8 Å². The van der Waals surface area contributed by atoms with Crippen LogP contribution in [0.1, 0.15) is 16.7 Å². The number of carbonyl (C=O) groups excluding carboxylic acids is 3. The van der Waals surface area contributed by atoms with E-state index < -0.39 is 17.6 Å². The molecule has 0 atom stereocenters. The summed E-state index contributed by atoms with van der Waals surface area (Å²) in [6, 6.07) is 17.5. The maximum absolute atomic E-state index is 12.9. The van der Waals surface area contributed by atoms with Gasteiger partial charge in [-0.2, -0.15) is 5.10 Å². The second kappa shape index (κ2) is 11.4. The molecule has 8 nitrogen and oxygen atoms in total. The number of benzene rings is 3. The largest absolute Gasteiger partial charge is 0.483 e. The van der Waals surface area contributed by atoms with Crippen LogP contribution in [0, 0.1) is 19.7 Å². The van der Waals surface area contributed by atoms with Crippen LogP contribution in [0.3, 0.4) is 0 Å². The van der Waals surface area contributed by atoms with E-state index in [0.717, 1.165) is 23.3 Å². The number of ether oxygens (including phenoxy) is 1. The van der Waals surface area contributed by atoms with E-state index >= 15 is 0 Å². The minimum absolute atomic E-state index is 0.232. The van der Waals surface area contributed by atoms with E-state index in [-0.39, 0.29) is 18.2 Å². The van der Waals surface area contributed by atoms with Gasteiger partial charge in [0.15, 0.2) is 6.61 Å². The second-order valence-corrected chi connectivity index (χ2v) is 7.35. The third-order valence-electron chi connectivity index (χ3n) is 4.61. The number of hydrogen-bond acceptors (Lipinski definition) is 5. The summed E-state index contributed by atoms with van der Waals surface area (Å²) in [5.74, 6) is -2.39. The van der Waals surface area contributed by atoms with Gasteiger partial charge in [0.25, 0.3) is 5.91 Å². The lowest BCUT2D eigenvalue weighted by Gasteiger charge is -2.11. The van der Waals surface area contributed by atoms with Gasteiger partial charge in [-0.25, -0.2) is 9.82 Å². The van der Waals surface area contributed by atoms with Crippen molar-refractivity contribution in [3.8, 4) is 5.75 Å². The number of aryl methyl sites for hydroxylation is 2. The molecule has 0 radical (unpaired) electrons. The number of nitrogens with one attached hydrogen (secondary N) is 3. The van der Waals surface area contributed by atoms with Crippen LogP contribution in [0.4, 0.5) is 15.8 Å². The fraction of sp³-hybridized carbons (Fsp3) is 0.120. The summed E-state index contributed by atoms with van der Waals surface area (Å²) >= 11 is 0. The predicted molar refractivity (Wildman–Crippen MR) is 127 cm³/mol. The molecule has 174 valence electrons. The van der Waals surface area contributed by atoms with Gasteiger partial charge in [0.1, 0.15) is 11.6 Å². The number of para-hydroxylation sites is 1. The Morgan fingerprint density at radius 1 is 0.941 bits per heavy atom. The van der Waals surface area contributed by atoms with Gasteiger partial charge in [-0.05, 0) is 61.9 Å². The number of hydrogen-bond donors (Lipinski definition) is 3. The first kappa shape index (κ1) is 24.1. The predicted octanol–water partition coefficient (Wildman–Crippen LogP) is 3.55. The van der Waals surface area contributed by atoms with Crippen molar-refractivity contribution in [2.75, 3.05) is 17.2 Å². The molecule has 0 aliphatic carbocycles. The molecule has 0 aromatic heterocycles. The molecule has 0 bridgehead atoms. The molecule has 0 saturated heterocycles. The molecule has 0 spiro atoms. The molecule has 0 unspecified atom stereocenters. The summed E-state index contributed by atoms with van der Waals surface area (Å²) in [6.07, 6.45) is 1.29. The Morgan fingerprint density at radius 3 is 2.41 bits per heavy atom. The molecule has 9 heteroatoms. The summed E-state index contributed by atoms with van der Waals surface area (Å²) < 4.78 is 18.5. The summed E-state index contributed by atoms with van der Waals surface area (Å²) in [5, 5.41) is 8.90. The first-order chi connectivity index (χ1) is 16.3. The van der Waals surface area contributed by atoms with Crippen LogP contribution in [0.5, 0.6) is 5.75 Å². The van der Waals surface area contributed by atoms with E-state index in [2.05, 4.69) is 21.2 Å². The van der Waals surface area contributed by atoms with Gasteiger partial charge in [0.2, 0.25) is 0 Å². The molecule has 0 heterocycles. The SMILES string of the molecule is Cc1ccc(NC(=O)COc2ccccc2/C=N\NC(=O)C(=O)Nc2ccc(F)cc2)c(C)c1. The van der Waals surface area contributed by atoms with Gasteiger partial charge in [-0.3, -0.25) is 14.4 Å². The number of anilines is 2. The maximum Gasteiger partial charge on any atom is 0.329 e. The van der Waals surface area contributed by atoms with Gasteiger partial charge in [-0.15, -0.1) is 0 Å². The molecular formula is C25H23FN4O4. The van der Waals surface area contributed by atoms with E-state index in [1.54, 1.807) is 24.3 Å². The summed E-state index contributed by atoms with van der Waals surface area (Å²) in [4.78, 5) is 36.1. The molecule has 3 N–H and O–H groups in total. The summed E-state index contributed by atoms with van der Waals surface area (Å²) in [5.41, 5.74) is 5.61. The number of amides is 3. The van der Waals surface area contributed by atoms with Crippen molar-refractivity contribution < 1.29 is 23.5 Å². The lowest BCUT2D eigenvalue weighted by Crippen LogP contribution is -2.32. The van der Waals surface area contributed by atoms with Gasteiger partial charge < -0.3 is 15.4 Å². The van der Waals surface area contributed by atoms with Crippen molar-refractivity contribution in [2.24, 2.45) is 5.10 Å². The fourth-order valence-corrected chi connectivity index (χ4v) is 2.93. The highest BCUT2D eigenvalue weighted by atomic mass is 19.1. The van der Waals surface area contributed by atoms with E-state index in [1.165, 1.54) is 18.3 Å². The molecule has 3 aromatic carbocycles. The Labute approximate surface area is 195 Å². The molecule has 3 aromatic rings. The third kappa shape index (κ3) is 6.99. The van der Waals surface area contributed by atoms with Crippen molar-refractivity contribution in [3.63, 3.8) is 0 Å². The normalized spacial score (nSPS) is 10.6. The quantitative estimate of drug-likeness (QED) is 0.283. The third-order valence-corrected chi connectivity index (χ3v) is 4.61. The first-order valence-corrected chi connectivity index (χ1v) is 10.3. The van der Waals surface area contributed by atoms with Crippen molar-refractivity contribution in [1.29, 1.82) is 0 Å². The summed E-state index contributed by atoms with van der Waals surface area (Å²) in [6.45, 7) is 3.65. The van der Waals surface area contributed by atoms with Gasteiger partial charge >= 0.3 is 11.8 Å². The summed E-state index contributed by atoms with van der Waals surface area (Å²) in [7, 11) is 0. The molecule has 3 amide bonds. The Hall–Kier alpha value is -4.53. The number of rotatable bonds is 7. The van der Waals surface area contributed by atoms with Crippen LogP contribution >= 0.6 is 0 Å². The van der Waals surface area contributed by atoms with Crippen molar-refractivity contribution >= 4 is 35.3 Å². The molecule has 0 fully saturated rings. The highest BCUT2D eigenvalue weighted by Gasteiger charge is 2.13. The van der Waals surface area contributed by atoms with E-state index in [0.29, 0.717) is 17.0 Å².